The second kappa shape index (κ2) is 3.14. The topological polar surface area (TPSA) is 0 Å². The van der Waals surface area contributed by atoms with Gasteiger partial charge in [-0.05, 0) is 18.4 Å². The highest BCUT2D eigenvalue weighted by Crippen LogP contribution is 2.33. The molecule has 0 heterocycles. The standard InChI is InChI=1S/C12H14/c1-2-10-8-11-6-4-3-5-7-12(11)9-10/h3-8,12H,2,9H2,1H3. The molecule has 0 aromatic heterocycles. The van der Waals surface area contributed by atoms with E-state index in [1.807, 2.05) is 0 Å². The Hall–Kier alpha value is -1.04. The molecule has 2 rings (SSSR count). The zero-order valence-electron chi connectivity index (χ0n) is 7.46. The van der Waals surface area contributed by atoms with Crippen LogP contribution in [-0.4, -0.2) is 0 Å². The molecule has 1 atom stereocenters. The molecule has 0 spiro atoms. The lowest BCUT2D eigenvalue weighted by molar-refractivity contribution is 0.787. The van der Waals surface area contributed by atoms with E-state index in [1.54, 1.807) is 5.57 Å². The fourth-order valence-electron chi connectivity index (χ4n) is 1.83. The second-order valence-electron chi connectivity index (χ2n) is 3.40. The molecule has 0 nitrogen and oxygen atoms in total. The molecule has 0 aromatic carbocycles. The number of hydrogen-bond donors (Lipinski definition) is 0. The maximum absolute atomic E-state index is 2.35. The van der Waals surface area contributed by atoms with Crippen molar-refractivity contribution in [3.05, 3.63) is 47.6 Å². The summed E-state index contributed by atoms with van der Waals surface area (Å²) in [7, 11) is 0. The van der Waals surface area contributed by atoms with Gasteiger partial charge in [0.2, 0.25) is 0 Å². The molecule has 0 amide bonds. The van der Waals surface area contributed by atoms with E-state index in [4.69, 9.17) is 0 Å². The predicted octanol–water partition coefficient (Wildman–Crippen LogP) is 3.40. The van der Waals surface area contributed by atoms with E-state index in [1.165, 1.54) is 18.4 Å². The minimum absolute atomic E-state index is 0.662. The van der Waals surface area contributed by atoms with Crippen LogP contribution < -0.4 is 0 Å². The van der Waals surface area contributed by atoms with Gasteiger partial charge in [0, 0.05) is 5.92 Å². The molecule has 62 valence electrons. The maximum Gasteiger partial charge on any atom is 0.00583 e. The van der Waals surface area contributed by atoms with Crippen LogP contribution in [-0.2, 0) is 0 Å². The van der Waals surface area contributed by atoms with Crippen LogP contribution in [0.4, 0.5) is 0 Å². The van der Waals surface area contributed by atoms with Crippen molar-refractivity contribution in [1.82, 2.24) is 0 Å². The van der Waals surface area contributed by atoms with Crippen molar-refractivity contribution in [3.8, 4) is 0 Å². The SMILES string of the molecule is CCC1=CC2=CC=CC=CC2C1. The summed E-state index contributed by atoms with van der Waals surface area (Å²) in [5, 5.41) is 0. The summed E-state index contributed by atoms with van der Waals surface area (Å²) in [5.74, 6) is 0.662. The summed E-state index contributed by atoms with van der Waals surface area (Å²) >= 11 is 0. The number of rotatable bonds is 1. The van der Waals surface area contributed by atoms with Gasteiger partial charge >= 0.3 is 0 Å². The summed E-state index contributed by atoms with van der Waals surface area (Å²) in [6.07, 6.45) is 15.7. The highest BCUT2D eigenvalue weighted by molar-refractivity contribution is 5.41. The predicted molar refractivity (Wildman–Crippen MR) is 52.8 cm³/mol. The van der Waals surface area contributed by atoms with Crippen LogP contribution in [0.5, 0.6) is 0 Å². The maximum atomic E-state index is 2.35. The molecule has 0 saturated carbocycles. The van der Waals surface area contributed by atoms with Gasteiger partial charge < -0.3 is 0 Å². The summed E-state index contributed by atoms with van der Waals surface area (Å²) < 4.78 is 0. The molecular formula is C12H14. The van der Waals surface area contributed by atoms with Gasteiger partial charge in [0.15, 0.2) is 0 Å². The fourth-order valence-corrected chi connectivity index (χ4v) is 1.83. The van der Waals surface area contributed by atoms with Crippen molar-refractivity contribution < 1.29 is 0 Å². The van der Waals surface area contributed by atoms with E-state index in [0.29, 0.717) is 5.92 Å². The molecule has 2 aliphatic carbocycles. The molecule has 0 heteroatoms. The van der Waals surface area contributed by atoms with E-state index in [-0.39, 0.29) is 0 Å². The van der Waals surface area contributed by atoms with Gasteiger partial charge in [-0.15, -0.1) is 0 Å². The van der Waals surface area contributed by atoms with Gasteiger partial charge in [0.1, 0.15) is 0 Å². The molecule has 2 aliphatic rings. The molecule has 1 unspecified atom stereocenters. The Kier molecular flexibility index (Phi) is 1.99. The molecule has 0 radical (unpaired) electrons. The second-order valence-corrected chi connectivity index (χ2v) is 3.40. The summed E-state index contributed by atoms with van der Waals surface area (Å²) in [6.45, 7) is 2.23. The third-order valence-corrected chi connectivity index (χ3v) is 2.59. The molecular weight excluding hydrogens is 144 g/mol. The van der Waals surface area contributed by atoms with Gasteiger partial charge in [-0.3, -0.25) is 0 Å². The van der Waals surface area contributed by atoms with E-state index in [2.05, 4.69) is 43.4 Å². The van der Waals surface area contributed by atoms with Gasteiger partial charge in [0.25, 0.3) is 0 Å². The number of hydrogen-bond acceptors (Lipinski definition) is 0. The monoisotopic (exact) mass is 158 g/mol. The lowest BCUT2D eigenvalue weighted by atomic mass is 10.0. The van der Waals surface area contributed by atoms with E-state index in [9.17, 15) is 0 Å². The average molecular weight is 158 g/mol. The molecule has 12 heavy (non-hydrogen) atoms. The lowest BCUT2D eigenvalue weighted by Gasteiger charge is -2.03. The minimum Gasteiger partial charge on any atom is -0.0767 e. The normalized spacial score (nSPS) is 26.2. The van der Waals surface area contributed by atoms with Crippen molar-refractivity contribution >= 4 is 0 Å². The number of fused-ring (bicyclic) bond motifs is 1. The molecule has 0 bridgehead atoms. The Morgan fingerprint density at radius 1 is 1.33 bits per heavy atom. The van der Waals surface area contributed by atoms with Crippen LogP contribution in [0, 0.1) is 5.92 Å². The first kappa shape index (κ1) is 7.60. The molecule has 0 aliphatic heterocycles. The first-order chi connectivity index (χ1) is 5.90. The zero-order chi connectivity index (χ0) is 8.39. The zero-order valence-corrected chi connectivity index (χ0v) is 7.46. The van der Waals surface area contributed by atoms with Crippen molar-refractivity contribution in [1.29, 1.82) is 0 Å². The Morgan fingerprint density at radius 3 is 3.08 bits per heavy atom. The average Bonchev–Trinajstić information content (AvgIpc) is 2.37. The number of allylic oxidation sites excluding steroid dienone is 8. The summed E-state index contributed by atoms with van der Waals surface area (Å²) in [5.41, 5.74) is 3.07. The third kappa shape index (κ3) is 1.29. The van der Waals surface area contributed by atoms with Crippen molar-refractivity contribution in [2.45, 2.75) is 19.8 Å². The van der Waals surface area contributed by atoms with Crippen molar-refractivity contribution in [2.75, 3.05) is 0 Å². The van der Waals surface area contributed by atoms with Gasteiger partial charge in [-0.25, -0.2) is 0 Å². The first-order valence-electron chi connectivity index (χ1n) is 4.64. The first-order valence-corrected chi connectivity index (χ1v) is 4.64. The largest absolute Gasteiger partial charge is 0.0767 e. The Labute approximate surface area is 74.0 Å². The van der Waals surface area contributed by atoms with Crippen LogP contribution in [0.25, 0.3) is 0 Å². The summed E-state index contributed by atoms with van der Waals surface area (Å²) in [6, 6.07) is 0. The van der Waals surface area contributed by atoms with Crippen LogP contribution in [0.1, 0.15) is 19.8 Å². The van der Waals surface area contributed by atoms with Gasteiger partial charge in [-0.2, -0.15) is 0 Å². The Balaban J connectivity index is 2.27. The van der Waals surface area contributed by atoms with Crippen LogP contribution in [0.3, 0.4) is 0 Å². The smallest absolute Gasteiger partial charge is 0.00583 e. The van der Waals surface area contributed by atoms with E-state index < -0.39 is 0 Å². The minimum atomic E-state index is 0.662. The molecule has 0 saturated heterocycles. The Bertz CT molecular complexity index is 287. The van der Waals surface area contributed by atoms with Crippen molar-refractivity contribution in [3.63, 3.8) is 0 Å². The van der Waals surface area contributed by atoms with Crippen LogP contribution >= 0.6 is 0 Å². The van der Waals surface area contributed by atoms with E-state index in [0.717, 1.165) is 0 Å². The van der Waals surface area contributed by atoms with Crippen LogP contribution in [0.15, 0.2) is 47.6 Å². The highest BCUT2D eigenvalue weighted by Gasteiger charge is 2.18. The van der Waals surface area contributed by atoms with Crippen molar-refractivity contribution in [2.24, 2.45) is 5.92 Å². The lowest BCUT2D eigenvalue weighted by Crippen LogP contribution is -1.91. The van der Waals surface area contributed by atoms with E-state index >= 15 is 0 Å². The highest BCUT2D eigenvalue weighted by atomic mass is 14.2. The Morgan fingerprint density at radius 2 is 2.25 bits per heavy atom. The molecule has 0 N–H and O–H groups in total. The fraction of sp³-hybridized carbons (Fsp3) is 0.333. The van der Waals surface area contributed by atoms with Crippen LogP contribution in [0.2, 0.25) is 0 Å². The quantitative estimate of drug-likeness (QED) is 0.548. The molecule has 0 aromatic rings. The third-order valence-electron chi connectivity index (χ3n) is 2.59. The van der Waals surface area contributed by atoms with Gasteiger partial charge in [0.05, 0.1) is 0 Å². The van der Waals surface area contributed by atoms with Gasteiger partial charge in [-0.1, -0.05) is 49.0 Å². The summed E-state index contributed by atoms with van der Waals surface area (Å²) in [4.78, 5) is 0. The molecule has 0 fully saturated rings.